The van der Waals surface area contributed by atoms with Crippen molar-refractivity contribution in [1.82, 2.24) is 9.78 Å². The number of aryl methyl sites for hydroxylation is 2. The van der Waals surface area contributed by atoms with Crippen LogP contribution in [0.2, 0.25) is 0 Å². The highest BCUT2D eigenvalue weighted by Crippen LogP contribution is 2.16. The molecule has 2 aromatic rings. The van der Waals surface area contributed by atoms with E-state index in [1.165, 1.54) is 17.7 Å². The van der Waals surface area contributed by atoms with Crippen molar-refractivity contribution >= 4 is 0 Å². The first-order valence-corrected chi connectivity index (χ1v) is 6.89. The molecular weight excluding hydrogens is 255 g/mol. The van der Waals surface area contributed by atoms with Gasteiger partial charge < -0.3 is 5.11 Å². The molecule has 3 nitrogen and oxygen atoms in total. The Morgan fingerprint density at radius 1 is 1.25 bits per heavy atom. The number of halogens is 1. The van der Waals surface area contributed by atoms with Crippen molar-refractivity contribution in [3.63, 3.8) is 0 Å². The maximum Gasteiger partial charge on any atom is 0.123 e. The van der Waals surface area contributed by atoms with Gasteiger partial charge in [0, 0.05) is 12.7 Å². The van der Waals surface area contributed by atoms with E-state index < -0.39 is 6.10 Å². The van der Waals surface area contributed by atoms with E-state index in [0.717, 1.165) is 23.4 Å². The Morgan fingerprint density at radius 3 is 2.45 bits per heavy atom. The summed E-state index contributed by atoms with van der Waals surface area (Å²) in [7, 11) is 1.93. The van der Waals surface area contributed by atoms with Crippen molar-refractivity contribution in [3.8, 4) is 0 Å². The minimum absolute atomic E-state index is 0.246. The van der Waals surface area contributed by atoms with Gasteiger partial charge in [0.1, 0.15) is 5.82 Å². The number of benzene rings is 1. The number of hydrogen-bond acceptors (Lipinski definition) is 2. The third kappa shape index (κ3) is 3.45. The summed E-state index contributed by atoms with van der Waals surface area (Å²) in [5, 5.41) is 14.5. The SMILES string of the molecule is Cc1nn(C)c(C)c1CCC(O)Cc1ccc(F)cc1. The molecule has 0 aliphatic rings. The smallest absolute Gasteiger partial charge is 0.123 e. The van der Waals surface area contributed by atoms with Crippen LogP contribution >= 0.6 is 0 Å². The predicted octanol–water partition coefficient (Wildman–Crippen LogP) is 2.71. The second kappa shape index (κ2) is 6.18. The Balaban J connectivity index is 1.92. The van der Waals surface area contributed by atoms with Gasteiger partial charge in [0.25, 0.3) is 0 Å². The number of rotatable bonds is 5. The topological polar surface area (TPSA) is 38.0 Å². The Bertz CT molecular complexity index is 575. The molecule has 1 unspecified atom stereocenters. The van der Waals surface area contributed by atoms with E-state index in [9.17, 15) is 9.50 Å². The monoisotopic (exact) mass is 276 g/mol. The summed E-state index contributed by atoms with van der Waals surface area (Å²) < 4.78 is 14.7. The molecule has 1 atom stereocenters. The zero-order chi connectivity index (χ0) is 14.7. The van der Waals surface area contributed by atoms with E-state index in [4.69, 9.17) is 0 Å². The molecule has 0 saturated heterocycles. The summed E-state index contributed by atoms with van der Waals surface area (Å²) in [5.41, 5.74) is 4.35. The van der Waals surface area contributed by atoms with Crippen molar-refractivity contribution in [2.24, 2.45) is 7.05 Å². The lowest BCUT2D eigenvalue weighted by atomic mass is 10.0. The fourth-order valence-corrected chi connectivity index (χ4v) is 2.48. The molecule has 0 saturated carbocycles. The molecule has 0 fully saturated rings. The van der Waals surface area contributed by atoms with Crippen LogP contribution in [0.5, 0.6) is 0 Å². The minimum Gasteiger partial charge on any atom is -0.393 e. The molecule has 0 aliphatic carbocycles. The Labute approximate surface area is 119 Å². The molecule has 108 valence electrons. The van der Waals surface area contributed by atoms with Crippen LogP contribution in [-0.2, 0) is 19.9 Å². The van der Waals surface area contributed by atoms with E-state index in [0.29, 0.717) is 12.8 Å². The highest BCUT2D eigenvalue weighted by atomic mass is 19.1. The third-order valence-corrected chi connectivity index (χ3v) is 3.77. The van der Waals surface area contributed by atoms with Crippen molar-refractivity contribution in [2.75, 3.05) is 0 Å². The molecule has 1 aromatic heterocycles. The molecular formula is C16H21FN2O. The number of aliphatic hydroxyl groups excluding tert-OH is 1. The molecule has 0 radical (unpaired) electrons. The third-order valence-electron chi connectivity index (χ3n) is 3.77. The van der Waals surface area contributed by atoms with Crippen molar-refractivity contribution in [1.29, 1.82) is 0 Å². The Kier molecular flexibility index (Phi) is 4.55. The molecule has 1 N–H and O–H groups in total. The minimum atomic E-state index is -0.417. The lowest BCUT2D eigenvalue weighted by molar-refractivity contribution is 0.165. The van der Waals surface area contributed by atoms with Crippen LogP contribution in [0.1, 0.15) is 28.9 Å². The normalized spacial score (nSPS) is 12.7. The van der Waals surface area contributed by atoms with Crippen molar-refractivity contribution < 1.29 is 9.50 Å². The van der Waals surface area contributed by atoms with E-state index in [2.05, 4.69) is 5.10 Å². The van der Waals surface area contributed by atoms with E-state index >= 15 is 0 Å². The van der Waals surface area contributed by atoms with Crippen LogP contribution in [0.25, 0.3) is 0 Å². The van der Waals surface area contributed by atoms with E-state index in [-0.39, 0.29) is 5.82 Å². The lowest BCUT2D eigenvalue weighted by Crippen LogP contribution is -2.12. The van der Waals surface area contributed by atoms with Gasteiger partial charge in [0.2, 0.25) is 0 Å². The summed E-state index contributed by atoms with van der Waals surface area (Å²) in [6, 6.07) is 6.30. The van der Waals surface area contributed by atoms with Crippen LogP contribution in [0.4, 0.5) is 4.39 Å². The van der Waals surface area contributed by atoms with Gasteiger partial charge in [-0.3, -0.25) is 4.68 Å². The summed E-state index contributed by atoms with van der Waals surface area (Å²) in [5.74, 6) is -0.246. The Hall–Kier alpha value is -1.68. The molecule has 1 heterocycles. The zero-order valence-electron chi connectivity index (χ0n) is 12.2. The average Bonchev–Trinajstić information content (AvgIpc) is 2.64. The van der Waals surface area contributed by atoms with Gasteiger partial charge in [-0.1, -0.05) is 12.1 Å². The first kappa shape index (κ1) is 14.7. The van der Waals surface area contributed by atoms with Gasteiger partial charge in [-0.05, 0) is 56.4 Å². The molecule has 1 aromatic carbocycles. The number of nitrogens with zero attached hydrogens (tertiary/aromatic N) is 2. The fourth-order valence-electron chi connectivity index (χ4n) is 2.48. The van der Waals surface area contributed by atoms with Crippen molar-refractivity contribution in [2.45, 2.75) is 39.2 Å². The molecule has 20 heavy (non-hydrogen) atoms. The number of hydrogen-bond donors (Lipinski definition) is 1. The van der Waals surface area contributed by atoms with Crippen LogP contribution in [0.15, 0.2) is 24.3 Å². The second-order valence-electron chi connectivity index (χ2n) is 5.30. The van der Waals surface area contributed by atoms with E-state index in [1.54, 1.807) is 12.1 Å². The Morgan fingerprint density at radius 2 is 1.90 bits per heavy atom. The first-order valence-electron chi connectivity index (χ1n) is 6.89. The van der Waals surface area contributed by atoms with Crippen LogP contribution in [-0.4, -0.2) is 21.0 Å². The second-order valence-corrected chi connectivity index (χ2v) is 5.30. The first-order chi connectivity index (χ1) is 9.47. The van der Waals surface area contributed by atoms with Gasteiger partial charge in [-0.25, -0.2) is 4.39 Å². The van der Waals surface area contributed by atoms with Gasteiger partial charge in [0.15, 0.2) is 0 Å². The average molecular weight is 276 g/mol. The molecule has 0 amide bonds. The molecule has 2 rings (SSSR count). The van der Waals surface area contributed by atoms with Gasteiger partial charge >= 0.3 is 0 Å². The van der Waals surface area contributed by atoms with Crippen LogP contribution in [0, 0.1) is 19.7 Å². The highest BCUT2D eigenvalue weighted by Gasteiger charge is 2.12. The summed E-state index contributed by atoms with van der Waals surface area (Å²) >= 11 is 0. The molecule has 0 spiro atoms. The highest BCUT2D eigenvalue weighted by molar-refractivity contribution is 5.24. The number of aromatic nitrogens is 2. The van der Waals surface area contributed by atoms with Gasteiger partial charge in [-0.2, -0.15) is 5.10 Å². The maximum atomic E-state index is 12.8. The van der Waals surface area contributed by atoms with Gasteiger partial charge in [-0.15, -0.1) is 0 Å². The van der Waals surface area contributed by atoms with Crippen molar-refractivity contribution in [3.05, 3.63) is 52.6 Å². The van der Waals surface area contributed by atoms with Crippen LogP contribution in [0.3, 0.4) is 0 Å². The summed E-state index contributed by atoms with van der Waals surface area (Å²) in [4.78, 5) is 0. The molecule has 0 bridgehead atoms. The fraction of sp³-hybridized carbons (Fsp3) is 0.438. The number of aliphatic hydroxyl groups is 1. The lowest BCUT2D eigenvalue weighted by Gasteiger charge is -2.11. The maximum absolute atomic E-state index is 12.8. The predicted molar refractivity (Wildman–Crippen MR) is 77.1 cm³/mol. The zero-order valence-corrected chi connectivity index (χ0v) is 12.2. The molecule has 0 aliphatic heterocycles. The summed E-state index contributed by atoms with van der Waals surface area (Å²) in [6.07, 6.45) is 1.64. The standard InChI is InChI=1S/C16H21FN2O/c1-11-16(12(2)19(3)18-11)9-8-15(20)10-13-4-6-14(17)7-5-13/h4-7,15,20H,8-10H2,1-3H3. The quantitative estimate of drug-likeness (QED) is 0.912. The largest absolute Gasteiger partial charge is 0.393 e. The van der Waals surface area contributed by atoms with Crippen LogP contribution < -0.4 is 0 Å². The summed E-state index contributed by atoms with van der Waals surface area (Å²) in [6.45, 7) is 4.04. The van der Waals surface area contributed by atoms with E-state index in [1.807, 2.05) is 25.6 Å². The van der Waals surface area contributed by atoms with Gasteiger partial charge in [0.05, 0.1) is 11.8 Å². The molecule has 4 heteroatoms.